The number of anilines is 1. The van der Waals surface area contributed by atoms with E-state index < -0.39 is 11.1 Å². The lowest BCUT2D eigenvalue weighted by Crippen LogP contribution is -2.44. The van der Waals surface area contributed by atoms with Crippen LogP contribution in [-0.2, 0) is 24.4 Å². The Morgan fingerprint density at radius 3 is 2.68 bits per heavy atom. The van der Waals surface area contributed by atoms with Crippen LogP contribution in [0.15, 0.2) is 27.8 Å². The largest absolute Gasteiger partial charge is 0.359 e. The van der Waals surface area contributed by atoms with Crippen LogP contribution >= 0.6 is 0 Å². The van der Waals surface area contributed by atoms with Crippen LogP contribution in [0.3, 0.4) is 0 Å². The summed E-state index contributed by atoms with van der Waals surface area (Å²) in [5, 5.41) is 3.53. The summed E-state index contributed by atoms with van der Waals surface area (Å²) in [6, 6.07) is 5.79. The van der Waals surface area contributed by atoms with Gasteiger partial charge in [0.25, 0.3) is 11.1 Å². The van der Waals surface area contributed by atoms with Crippen molar-refractivity contribution in [1.29, 1.82) is 0 Å². The van der Waals surface area contributed by atoms with E-state index in [4.69, 9.17) is 15.7 Å². The van der Waals surface area contributed by atoms with Crippen molar-refractivity contribution in [3.05, 3.63) is 56.0 Å². The van der Waals surface area contributed by atoms with Crippen molar-refractivity contribution in [3.8, 4) is 11.8 Å². The van der Waals surface area contributed by atoms with E-state index in [1.54, 1.807) is 11.5 Å². The number of aromatic nitrogens is 6. The van der Waals surface area contributed by atoms with E-state index >= 15 is 0 Å². The second-order valence-electron chi connectivity index (χ2n) is 10.4. The van der Waals surface area contributed by atoms with Crippen LogP contribution in [0.2, 0.25) is 0 Å². The molecule has 0 radical (unpaired) electrons. The van der Waals surface area contributed by atoms with Crippen LogP contribution < -0.4 is 27.1 Å². The smallest absolute Gasteiger partial charge is 0.293 e. The van der Waals surface area contributed by atoms with Gasteiger partial charge in [0, 0.05) is 43.7 Å². The Morgan fingerprint density at radius 1 is 1.15 bits per heavy atom. The molecule has 4 heterocycles. The van der Waals surface area contributed by atoms with E-state index in [0.29, 0.717) is 24.9 Å². The van der Waals surface area contributed by atoms with Crippen molar-refractivity contribution >= 4 is 33.8 Å². The molecule has 5 rings (SSSR count). The third-order valence-corrected chi connectivity index (χ3v) is 7.55. The molecule has 12 heteroatoms. The number of imidazole rings is 1. The molecule has 1 aliphatic rings. The molecule has 1 aliphatic heterocycles. The van der Waals surface area contributed by atoms with Crippen LogP contribution in [-0.4, -0.2) is 61.0 Å². The molecule has 1 amide bonds. The normalized spacial score (nSPS) is 15.2. The Kier molecular flexibility index (Phi) is 7.90. The minimum atomic E-state index is -0.470. The van der Waals surface area contributed by atoms with E-state index in [0.717, 1.165) is 35.0 Å². The van der Waals surface area contributed by atoms with Gasteiger partial charge in [0.15, 0.2) is 11.3 Å². The van der Waals surface area contributed by atoms with Crippen molar-refractivity contribution < 1.29 is 4.79 Å². The number of nitrogens with one attached hydrogen (secondary N) is 1. The predicted molar refractivity (Wildman–Crippen MR) is 158 cm³/mol. The summed E-state index contributed by atoms with van der Waals surface area (Å²) in [6.45, 7) is 7.01. The topological polar surface area (TPSA) is 146 Å². The molecule has 214 valence electrons. The summed E-state index contributed by atoms with van der Waals surface area (Å²) in [7, 11) is 1.53. The minimum absolute atomic E-state index is 0.00794. The molecule has 3 N–H and O–H groups in total. The molecule has 4 aromatic rings. The zero-order chi connectivity index (χ0) is 29.3. The van der Waals surface area contributed by atoms with E-state index in [1.165, 1.54) is 16.4 Å². The number of hydrogen-bond acceptors (Lipinski definition) is 8. The molecule has 0 spiro atoms. The lowest BCUT2D eigenvalue weighted by atomic mass is 10.1. The van der Waals surface area contributed by atoms with Gasteiger partial charge in [-0.2, -0.15) is 0 Å². The number of nitrogens with two attached hydrogens (primary N) is 1. The third kappa shape index (κ3) is 5.32. The number of nitrogens with zero attached hydrogens (tertiary/aromatic N) is 7. The highest BCUT2D eigenvalue weighted by atomic mass is 16.2. The van der Waals surface area contributed by atoms with Crippen LogP contribution in [0, 0.1) is 25.7 Å². The van der Waals surface area contributed by atoms with Crippen LogP contribution in [0.1, 0.15) is 43.3 Å². The minimum Gasteiger partial charge on any atom is -0.359 e. The first-order chi connectivity index (χ1) is 19.7. The molecule has 1 saturated heterocycles. The molecule has 0 bridgehead atoms. The summed E-state index contributed by atoms with van der Waals surface area (Å²) in [5.41, 5.74) is 8.15. The number of benzene rings is 1. The number of hydrogen-bond donors (Lipinski definition) is 2. The van der Waals surface area contributed by atoms with E-state index in [2.05, 4.69) is 22.1 Å². The Labute approximate surface area is 237 Å². The number of rotatable bonds is 7. The number of aryl methyl sites for hydroxylation is 2. The molecule has 0 saturated carbocycles. The lowest BCUT2D eigenvalue weighted by Gasteiger charge is -2.31. The van der Waals surface area contributed by atoms with Crippen molar-refractivity contribution in [1.82, 2.24) is 34.2 Å². The van der Waals surface area contributed by atoms with Gasteiger partial charge in [-0.3, -0.25) is 19.0 Å². The summed E-state index contributed by atoms with van der Waals surface area (Å²) >= 11 is 0. The van der Waals surface area contributed by atoms with Crippen LogP contribution in [0.4, 0.5) is 5.95 Å². The fourth-order valence-corrected chi connectivity index (χ4v) is 5.56. The molecular formula is C29H35N9O3. The highest BCUT2D eigenvalue weighted by Gasteiger charge is 2.27. The SMILES string of the molecule is CC#CCn1c(N2CCCC(N)C2)nc2c(=O)n(CCC(=O)NC)n(Cc3nc(C)c4c(C)cccc4n3)c(=O)c21. The monoisotopic (exact) mass is 557 g/mol. The molecule has 41 heavy (non-hydrogen) atoms. The number of piperidine rings is 1. The standard InChI is InChI=1S/C29H35N9O3/c1-5-6-14-36-26-25(34-29(36)35-13-8-10-20(30)16-35)27(40)37(15-12-23(39)31-4)38(28(26)41)17-22-32-19(3)24-18(2)9-7-11-21(24)33-22/h7,9,11,20H,8,10,12-17,30H2,1-4H3,(H,31,39). The molecule has 1 atom stereocenters. The maximum atomic E-state index is 14.3. The summed E-state index contributed by atoms with van der Waals surface area (Å²) in [4.78, 5) is 56.5. The van der Waals surface area contributed by atoms with E-state index in [-0.39, 0.29) is 49.0 Å². The van der Waals surface area contributed by atoms with Crippen molar-refractivity contribution in [2.24, 2.45) is 5.73 Å². The highest BCUT2D eigenvalue weighted by Crippen LogP contribution is 2.23. The average molecular weight is 558 g/mol. The van der Waals surface area contributed by atoms with Crippen molar-refractivity contribution in [3.63, 3.8) is 0 Å². The lowest BCUT2D eigenvalue weighted by molar-refractivity contribution is -0.120. The van der Waals surface area contributed by atoms with Gasteiger partial charge in [-0.25, -0.2) is 24.3 Å². The average Bonchev–Trinajstić information content (AvgIpc) is 3.34. The Bertz CT molecular complexity index is 1820. The Balaban J connectivity index is 1.73. The Hall–Kier alpha value is -4.50. The predicted octanol–water partition coefficient (Wildman–Crippen LogP) is 1.05. The number of carbonyl (C=O) groups excluding carboxylic acids is 1. The van der Waals surface area contributed by atoms with E-state index in [1.807, 2.05) is 36.9 Å². The number of amides is 1. The third-order valence-electron chi connectivity index (χ3n) is 7.55. The van der Waals surface area contributed by atoms with Gasteiger partial charge in [-0.1, -0.05) is 18.1 Å². The Morgan fingerprint density at radius 2 is 1.95 bits per heavy atom. The van der Waals surface area contributed by atoms with Crippen LogP contribution in [0.25, 0.3) is 21.9 Å². The fourth-order valence-electron chi connectivity index (χ4n) is 5.56. The van der Waals surface area contributed by atoms with Crippen molar-refractivity contribution in [2.75, 3.05) is 25.0 Å². The quantitative estimate of drug-likeness (QED) is 0.321. The zero-order valence-corrected chi connectivity index (χ0v) is 23.9. The first kappa shape index (κ1) is 28.0. The van der Waals surface area contributed by atoms with E-state index in [9.17, 15) is 14.4 Å². The van der Waals surface area contributed by atoms with Crippen molar-refractivity contribution in [2.45, 2.75) is 65.7 Å². The second kappa shape index (κ2) is 11.5. The summed E-state index contributed by atoms with van der Waals surface area (Å²) < 4.78 is 4.32. The maximum absolute atomic E-state index is 14.3. The highest BCUT2D eigenvalue weighted by molar-refractivity contribution is 5.84. The van der Waals surface area contributed by atoms with Gasteiger partial charge in [-0.15, -0.1) is 5.92 Å². The molecule has 1 aromatic carbocycles. The molecule has 1 unspecified atom stereocenters. The fraction of sp³-hybridized carbons (Fsp3) is 0.448. The number of fused-ring (bicyclic) bond motifs is 2. The molecule has 12 nitrogen and oxygen atoms in total. The van der Waals surface area contributed by atoms with Gasteiger partial charge in [-0.05, 0) is 45.2 Å². The van der Waals surface area contributed by atoms with Gasteiger partial charge in [0.2, 0.25) is 11.9 Å². The van der Waals surface area contributed by atoms with Gasteiger partial charge in [0.05, 0.1) is 18.6 Å². The van der Waals surface area contributed by atoms with Crippen LogP contribution in [0.5, 0.6) is 0 Å². The summed E-state index contributed by atoms with van der Waals surface area (Å²) in [5.74, 6) is 6.53. The number of carbonyl (C=O) groups is 1. The second-order valence-corrected chi connectivity index (χ2v) is 10.4. The van der Waals surface area contributed by atoms with Gasteiger partial charge >= 0.3 is 0 Å². The van der Waals surface area contributed by atoms with Gasteiger partial charge in [0.1, 0.15) is 12.1 Å². The first-order valence-electron chi connectivity index (χ1n) is 13.8. The van der Waals surface area contributed by atoms with Gasteiger partial charge < -0.3 is 16.0 Å². The molecule has 0 aliphatic carbocycles. The molecular weight excluding hydrogens is 522 g/mol. The first-order valence-corrected chi connectivity index (χ1v) is 13.8. The maximum Gasteiger partial charge on any atom is 0.293 e. The zero-order valence-electron chi connectivity index (χ0n) is 23.9. The summed E-state index contributed by atoms with van der Waals surface area (Å²) in [6.07, 6.45) is 1.78. The molecule has 1 fully saturated rings. The molecule has 3 aromatic heterocycles.